The Kier molecular flexibility index (Phi) is 6.43. The monoisotopic (exact) mass is 408 g/mol. The van der Waals surface area contributed by atoms with Crippen LogP contribution in [0.2, 0.25) is 0 Å². The SMILES string of the molecule is CN(CC1CCN(C(=O)Nc2ccccc2)CC1)C(=O)N[C@@H]1CCS(=O)(=O)C1. The van der Waals surface area contributed by atoms with E-state index in [9.17, 15) is 18.0 Å². The quantitative estimate of drug-likeness (QED) is 0.793. The van der Waals surface area contributed by atoms with Crippen LogP contribution < -0.4 is 10.6 Å². The molecule has 2 heterocycles. The summed E-state index contributed by atoms with van der Waals surface area (Å²) in [5, 5.41) is 5.71. The van der Waals surface area contributed by atoms with Crippen LogP contribution in [-0.4, -0.2) is 74.5 Å². The van der Waals surface area contributed by atoms with E-state index in [2.05, 4.69) is 10.6 Å². The average molecular weight is 409 g/mol. The maximum atomic E-state index is 12.3. The standard InChI is InChI=1S/C19H28N4O4S/c1-22(18(24)21-17-9-12-28(26,27)14-17)13-15-7-10-23(11-8-15)19(25)20-16-5-3-2-4-6-16/h2-6,15,17H,7-14H2,1H3,(H,20,25)(H,21,24)/t17-/m1/s1. The minimum Gasteiger partial charge on any atom is -0.334 e. The van der Waals surface area contributed by atoms with Crippen LogP contribution in [0.3, 0.4) is 0 Å². The number of sulfone groups is 1. The summed E-state index contributed by atoms with van der Waals surface area (Å²) in [6.07, 6.45) is 2.14. The lowest BCUT2D eigenvalue weighted by atomic mass is 9.96. The third kappa shape index (κ3) is 5.60. The van der Waals surface area contributed by atoms with Crippen molar-refractivity contribution in [2.45, 2.75) is 25.3 Å². The summed E-state index contributed by atoms with van der Waals surface area (Å²) in [5.41, 5.74) is 0.778. The predicted molar refractivity (Wildman–Crippen MR) is 108 cm³/mol. The fourth-order valence-corrected chi connectivity index (χ4v) is 5.38. The number of urea groups is 2. The van der Waals surface area contributed by atoms with Crippen molar-refractivity contribution in [2.24, 2.45) is 5.92 Å². The first-order valence-corrected chi connectivity index (χ1v) is 11.5. The summed E-state index contributed by atoms with van der Waals surface area (Å²) >= 11 is 0. The van der Waals surface area contributed by atoms with E-state index in [-0.39, 0.29) is 29.6 Å². The van der Waals surface area contributed by atoms with E-state index < -0.39 is 9.84 Å². The van der Waals surface area contributed by atoms with Crippen molar-refractivity contribution in [3.05, 3.63) is 30.3 Å². The Morgan fingerprint density at radius 2 is 1.82 bits per heavy atom. The highest BCUT2D eigenvalue weighted by Crippen LogP contribution is 2.19. The molecule has 0 radical (unpaired) electrons. The number of piperidine rings is 1. The number of benzene rings is 1. The van der Waals surface area contributed by atoms with Gasteiger partial charge in [-0.05, 0) is 37.3 Å². The van der Waals surface area contributed by atoms with Crippen LogP contribution >= 0.6 is 0 Å². The Balaban J connectivity index is 1.40. The van der Waals surface area contributed by atoms with Gasteiger partial charge in [-0.1, -0.05) is 18.2 Å². The van der Waals surface area contributed by atoms with Crippen LogP contribution in [0.25, 0.3) is 0 Å². The molecule has 0 unspecified atom stereocenters. The number of rotatable bonds is 4. The molecule has 2 saturated heterocycles. The number of likely N-dealkylation sites (tertiary alicyclic amines) is 1. The fourth-order valence-electron chi connectivity index (χ4n) is 3.71. The maximum Gasteiger partial charge on any atom is 0.321 e. The van der Waals surface area contributed by atoms with Gasteiger partial charge >= 0.3 is 12.1 Å². The van der Waals surface area contributed by atoms with Gasteiger partial charge in [0.05, 0.1) is 11.5 Å². The van der Waals surface area contributed by atoms with Crippen molar-refractivity contribution in [1.82, 2.24) is 15.1 Å². The zero-order chi connectivity index (χ0) is 20.1. The molecule has 2 aliphatic rings. The average Bonchev–Trinajstić information content (AvgIpc) is 3.01. The van der Waals surface area contributed by atoms with Gasteiger partial charge < -0.3 is 20.4 Å². The molecule has 154 valence electrons. The highest BCUT2D eigenvalue weighted by molar-refractivity contribution is 7.91. The summed E-state index contributed by atoms with van der Waals surface area (Å²) in [4.78, 5) is 28.1. The molecule has 28 heavy (non-hydrogen) atoms. The molecule has 0 bridgehead atoms. The van der Waals surface area contributed by atoms with Crippen molar-refractivity contribution in [1.29, 1.82) is 0 Å². The summed E-state index contributed by atoms with van der Waals surface area (Å²) in [7, 11) is -1.28. The van der Waals surface area contributed by atoms with Crippen LogP contribution in [-0.2, 0) is 9.84 Å². The number of amides is 4. The maximum absolute atomic E-state index is 12.3. The van der Waals surface area contributed by atoms with Gasteiger partial charge in [-0.15, -0.1) is 0 Å². The number of carbonyl (C=O) groups is 2. The van der Waals surface area contributed by atoms with Crippen LogP contribution in [0.15, 0.2) is 30.3 Å². The molecule has 2 fully saturated rings. The zero-order valence-corrected chi connectivity index (χ0v) is 17.0. The van der Waals surface area contributed by atoms with Crippen molar-refractivity contribution >= 4 is 27.6 Å². The van der Waals surface area contributed by atoms with Gasteiger partial charge in [0.2, 0.25) is 0 Å². The first kappa shape index (κ1) is 20.4. The number of hydrogen-bond donors (Lipinski definition) is 2. The van der Waals surface area contributed by atoms with E-state index in [1.807, 2.05) is 30.3 Å². The highest BCUT2D eigenvalue weighted by atomic mass is 32.2. The Hall–Kier alpha value is -2.29. The minimum atomic E-state index is -3.01. The molecule has 9 heteroatoms. The van der Waals surface area contributed by atoms with Crippen LogP contribution in [0, 0.1) is 5.92 Å². The Morgan fingerprint density at radius 3 is 2.43 bits per heavy atom. The Bertz CT molecular complexity index is 791. The van der Waals surface area contributed by atoms with Gasteiger partial charge in [0.25, 0.3) is 0 Å². The summed E-state index contributed by atoms with van der Waals surface area (Å²) in [6, 6.07) is 8.75. The van der Waals surface area contributed by atoms with E-state index in [0.29, 0.717) is 32.0 Å². The lowest BCUT2D eigenvalue weighted by molar-refractivity contribution is 0.160. The number of hydrogen-bond acceptors (Lipinski definition) is 4. The van der Waals surface area contributed by atoms with Gasteiger partial charge in [-0.2, -0.15) is 0 Å². The van der Waals surface area contributed by atoms with E-state index in [1.165, 1.54) is 0 Å². The largest absolute Gasteiger partial charge is 0.334 e. The molecule has 0 aromatic heterocycles. The Labute approximate surface area is 166 Å². The number of anilines is 1. The van der Waals surface area contributed by atoms with Crippen molar-refractivity contribution in [3.8, 4) is 0 Å². The molecular weight excluding hydrogens is 380 g/mol. The molecule has 1 aromatic rings. The molecule has 1 atom stereocenters. The Morgan fingerprint density at radius 1 is 1.14 bits per heavy atom. The first-order chi connectivity index (χ1) is 13.3. The summed E-state index contributed by atoms with van der Waals surface area (Å²) in [5.74, 6) is 0.496. The van der Waals surface area contributed by atoms with E-state index in [1.54, 1.807) is 16.8 Å². The second kappa shape index (κ2) is 8.81. The second-order valence-corrected chi connectivity index (χ2v) is 9.89. The third-order valence-corrected chi connectivity index (χ3v) is 7.13. The third-order valence-electron chi connectivity index (χ3n) is 5.37. The van der Waals surface area contributed by atoms with Crippen LogP contribution in [0.5, 0.6) is 0 Å². The van der Waals surface area contributed by atoms with Gasteiger partial charge in [-0.25, -0.2) is 18.0 Å². The van der Waals surface area contributed by atoms with Gasteiger partial charge in [0.15, 0.2) is 9.84 Å². The summed E-state index contributed by atoms with van der Waals surface area (Å²) < 4.78 is 23.0. The minimum absolute atomic E-state index is 0.0293. The fraction of sp³-hybridized carbons (Fsp3) is 0.579. The van der Waals surface area contributed by atoms with Crippen molar-refractivity contribution in [2.75, 3.05) is 43.5 Å². The number of carbonyl (C=O) groups excluding carboxylic acids is 2. The van der Waals surface area contributed by atoms with Crippen molar-refractivity contribution < 1.29 is 18.0 Å². The van der Waals surface area contributed by atoms with Crippen LogP contribution in [0.4, 0.5) is 15.3 Å². The number of nitrogens with one attached hydrogen (secondary N) is 2. The number of nitrogens with zero attached hydrogens (tertiary/aromatic N) is 2. The first-order valence-electron chi connectivity index (χ1n) is 9.65. The topological polar surface area (TPSA) is 98.8 Å². The molecule has 0 spiro atoms. The molecule has 3 rings (SSSR count). The second-order valence-electron chi connectivity index (χ2n) is 7.66. The molecular formula is C19H28N4O4S. The molecule has 2 N–H and O–H groups in total. The van der Waals surface area contributed by atoms with Crippen molar-refractivity contribution in [3.63, 3.8) is 0 Å². The van der Waals surface area contributed by atoms with E-state index in [0.717, 1.165) is 18.5 Å². The zero-order valence-electron chi connectivity index (χ0n) is 16.1. The van der Waals surface area contributed by atoms with E-state index >= 15 is 0 Å². The van der Waals surface area contributed by atoms with Gasteiger partial charge in [-0.3, -0.25) is 0 Å². The van der Waals surface area contributed by atoms with Crippen LogP contribution in [0.1, 0.15) is 19.3 Å². The summed E-state index contributed by atoms with van der Waals surface area (Å²) in [6.45, 7) is 1.90. The lowest BCUT2D eigenvalue weighted by Gasteiger charge is -2.34. The number of para-hydroxylation sites is 1. The highest BCUT2D eigenvalue weighted by Gasteiger charge is 2.30. The molecule has 2 aliphatic heterocycles. The lowest BCUT2D eigenvalue weighted by Crippen LogP contribution is -2.47. The molecule has 0 saturated carbocycles. The molecule has 8 nitrogen and oxygen atoms in total. The predicted octanol–water partition coefficient (Wildman–Crippen LogP) is 1.76. The molecule has 0 aliphatic carbocycles. The normalized spacial score (nSPS) is 21.9. The van der Waals surface area contributed by atoms with Gasteiger partial charge in [0.1, 0.15) is 0 Å². The van der Waals surface area contributed by atoms with E-state index in [4.69, 9.17) is 0 Å². The molecule has 4 amide bonds. The smallest absolute Gasteiger partial charge is 0.321 e. The molecule has 1 aromatic carbocycles. The van der Waals surface area contributed by atoms with Gasteiger partial charge in [0, 0.05) is 38.4 Å².